The van der Waals surface area contributed by atoms with Crippen LogP contribution in [0.4, 0.5) is 0 Å². The highest BCUT2D eigenvalue weighted by Crippen LogP contribution is 2.59. The fraction of sp³-hybridized carbons (Fsp3) is 0.857. The quantitative estimate of drug-likeness (QED) is 0.376. The standard InChI is InChI=1S/C28H48O9/c1-21(2,3)17(29)34-26(13)24(10,11)37-25(12,20(32)33-16)27(14,35-18(30)22(4,5)6)28(26,15)36-19(31)23(7,8)9/h1-16H3/t25?,26-,27-,28-/m1/s1. The van der Waals surface area contributed by atoms with Gasteiger partial charge in [0.25, 0.3) is 0 Å². The van der Waals surface area contributed by atoms with E-state index in [4.69, 9.17) is 23.7 Å². The molecule has 1 fully saturated rings. The molecular weight excluding hydrogens is 480 g/mol. The van der Waals surface area contributed by atoms with E-state index in [1.165, 1.54) is 27.9 Å². The van der Waals surface area contributed by atoms with Gasteiger partial charge >= 0.3 is 23.9 Å². The van der Waals surface area contributed by atoms with Gasteiger partial charge in [-0.05, 0) is 104 Å². The third-order valence-corrected chi connectivity index (χ3v) is 7.64. The Balaban J connectivity index is 4.23. The molecule has 1 unspecified atom stereocenters. The highest BCUT2D eigenvalue weighted by molar-refractivity contribution is 5.85. The van der Waals surface area contributed by atoms with Crippen molar-refractivity contribution in [1.82, 2.24) is 0 Å². The van der Waals surface area contributed by atoms with Gasteiger partial charge in [0.15, 0.2) is 16.8 Å². The van der Waals surface area contributed by atoms with Gasteiger partial charge < -0.3 is 23.7 Å². The van der Waals surface area contributed by atoms with Crippen LogP contribution in [0.5, 0.6) is 0 Å². The van der Waals surface area contributed by atoms with E-state index in [9.17, 15) is 19.2 Å². The summed E-state index contributed by atoms with van der Waals surface area (Å²) < 4.78 is 30.1. The molecule has 1 heterocycles. The smallest absolute Gasteiger partial charge is 0.342 e. The summed E-state index contributed by atoms with van der Waals surface area (Å²) in [5, 5.41) is 0. The first kappa shape index (κ1) is 32.9. The van der Waals surface area contributed by atoms with E-state index in [1.54, 1.807) is 83.1 Å². The second kappa shape index (κ2) is 9.24. The van der Waals surface area contributed by atoms with Crippen molar-refractivity contribution in [1.29, 1.82) is 0 Å². The number of hydrogen-bond donors (Lipinski definition) is 0. The highest BCUT2D eigenvalue weighted by atomic mass is 16.7. The molecule has 0 N–H and O–H groups in total. The minimum absolute atomic E-state index is 0.601. The van der Waals surface area contributed by atoms with Gasteiger partial charge in [0, 0.05) is 0 Å². The average molecular weight is 529 g/mol. The first-order chi connectivity index (χ1) is 16.1. The Hall–Kier alpha value is -2.16. The molecule has 0 saturated carbocycles. The number of carbonyl (C=O) groups excluding carboxylic acids is 4. The summed E-state index contributed by atoms with van der Waals surface area (Å²) in [5.74, 6) is -2.80. The normalized spacial score (nSPS) is 32.2. The molecule has 214 valence electrons. The number of methoxy groups -OCH3 is 1. The summed E-state index contributed by atoms with van der Waals surface area (Å²) in [6.45, 7) is 24.2. The summed E-state index contributed by atoms with van der Waals surface area (Å²) in [7, 11) is 1.18. The first-order valence-corrected chi connectivity index (χ1v) is 12.6. The van der Waals surface area contributed by atoms with Gasteiger partial charge in [0.1, 0.15) is 5.60 Å². The monoisotopic (exact) mass is 528 g/mol. The molecule has 1 aliphatic rings. The lowest BCUT2D eigenvalue weighted by Crippen LogP contribution is -2.87. The zero-order valence-corrected chi connectivity index (χ0v) is 25.7. The van der Waals surface area contributed by atoms with Crippen LogP contribution in [-0.2, 0) is 42.9 Å². The molecule has 1 aliphatic heterocycles. The molecule has 9 nitrogen and oxygen atoms in total. The molecule has 0 radical (unpaired) electrons. The van der Waals surface area contributed by atoms with Crippen molar-refractivity contribution in [3.8, 4) is 0 Å². The number of rotatable bonds is 4. The van der Waals surface area contributed by atoms with Crippen LogP contribution in [0, 0.1) is 16.2 Å². The van der Waals surface area contributed by atoms with Crippen molar-refractivity contribution in [2.24, 2.45) is 16.2 Å². The zero-order valence-electron chi connectivity index (χ0n) is 25.7. The zero-order chi connectivity index (χ0) is 29.8. The largest absolute Gasteiger partial charge is 0.467 e. The summed E-state index contributed by atoms with van der Waals surface area (Å²) in [4.78, 5) is 53.6. The Morgan fingerprint density at radius 3 is 1.14 bits per heavy atom. The van der Waals surface area contributed by atoms with Crippen molar-refractivity contribution < 1.29 is 42.9 Å². The Morgan fingerprint density at radius 2 is 0.838 bits per heavy atom. The van der Waals surface area contributed by atoms with Gasteiger partial charge in [-0.3, -0.25) is 14.4 Å². The van der Waals surface area contributed by atoms with Crippen molar-refractivity contribution in [2.75, 3.05) is 7.11 Å². The molecule has 0 aromatic carbocycles. The second-order valence-electron chi connectivity index (χ2n) is 14.2. The maximum Gasteiger partial charge on any atom is 0.342 e. The Bertz CT molecular complexity index is 946. The van der Waals surface area contributed by atoms with E-state index < -0.39 is 68.1 Å². The van der Waals surface area contributed by atoms with Gasteiger partial charge in [0.2, 0.25) is 5.60 Å². The predicted molar refractivity (Wildman–Crippen MR) is 137 cm³/mol. The second-order valence-corrected chi connectivity index (χ2v) is 14.2. The lowest BCUT2D eigenvalue weighted by atomic mass is 9.57. The van der Waals surface area contributed by atoms with E-state index in [1.807, 2.05) is 0 Å². The fourth-order valence-corrected chi connectivity index (χ4v) is 4.25. The summed E-state index contributed by atoms with van der Waals surface area (Å²) >= 11 is 0. The van der Waals surface area contributed by atoms with Crippen LogP contribution < -0.4 is 0 Å². The van der Waals surface area contributed by atoms with E-state index in [-0.39, 0.29) is 0 Å². The van der Waals surface area contributed by atoms with Crippen molar-refractivity contribution in [2.45, 2.75) is 132 Å². The number of hydrogen-bond acceptors (Lipinski definition) is 9. The summed E-state index contributed by atoms with van der Waals surface area (Å²) in [5.41, 5.74) is -12.1. The lowest BCUT2D eigenvalue weighted by Gasteiger charge is -2.66. The van der Waals surface area contributed by atoms with Crippen molar-refractivity contribution in [3.63, 3.8) is 0 Å². The van der Waals surface area contributed by atoms with E-state index in [0.29, 0.717) is 0 Å². The van der Waals surface area contributed by atoms with Gasteiger partial charge in [-0.1, -0.05) is 0 Å². The third-order valence-electron chi connectivity index (χ3n) is 7.64. The average Bonchev–Trinajstić information content (AvgIpc) is 2.68. The minimum Gasteiger partial charge on any atom is -0.467 e. The highest BCUT2D eigenvalue weighted by Gasteiger charge is 2.82. The van der Waals surface area contributed by atoms with Crippen LogP contribution in [0.15, 0.2) is 0 Å². The Labute approximate surface area is 222 Å². The van der Waals surface area contributed by atoms with E-state index in [2.05, 4.69) is 0 Å². The Morgan fingerprint density at radius 1 is 0.541 bits per heavy atom. The topological polar surface area (TPSA) is 114 Å². The maximum atomic E-state index is 13.5. The van der Waals surface area contributed by atoms with Crippen LogP contribution in [0.2, 0.25) is 0 Å². The molecule has 9 heteroatoms. The molecule has 0 aromatic heterocycles. The predicted octanol–water partition coefficient (Wildman–Crippen LogP) is 4.77. The minimum atomic E-state index is -2.03. The van der Waals surface area contributed by atoms with Gasteiger partial charge in [-0.15, -0.1) is 0 Å². The van der Waals surface area contributed by atoms with Crippen LogP contribution in [0.1, 0.15) is 104 Å². The molecular formula is C28H48O9. The van der Waals surface area contributed by atoms with Crippen molar-refractivity contribution >= 4 is 23.9 Å². The molecule has 0 spiro atoms. The van der Waals surface area contributed by atoms with Crippen molar-refractivity contribution in [3.05, 3.63) is 0 Å². The number of ether oxygens (including phenoxy) is 5. The molecule has 4 atom stereocenters. The molecule has 0 aromatic rings. The third kappa shape index (κ3) is 5.25. The van der Waals surface area contributed by atoms with Crippen LogP contribution in [-0.4, -0.2) is 59.0 Å². The summed E-state index contributed by atoms with van der Waals surface area (Å²) in [6.07, 6.45) is 0. The molecule has 1 saturated heterocycles. The van der Waals surface area contributed by atoms with Gasteiger partial charge in [-0.2, -0.15) is 0 Å². The van der Waals surface area contributed by atoms with Crippen LogP contribution in [0.25, 0.3) is 0 Å². The van der Waals surface area contributed by atoms with Gasteiger partial charge in [0.05, 0.1) is 23.4 Å². The van der Waals surface area contributed by atoms with Crippen LogP contribution in [0.3, 0.4) is 0 Å². The maximum absolute atomic E-state index is 13.5. The first-order valence-electron chi connectivity index (χ1n) is 12.6. The molecule has 0 bridgehead atoms. The van der Waals surface area contributed by atoms with Gasteiger partial charge in [-0.25, -0.2) is 4.79 Å². The van der Waals surface area contributed by atoms with E-state index in [0.717, 1.165) is 0 Å². The summed E-state index contributed by atoms with van der Waals surface area (Å²) in [6, 6.07) is 0. The molecule has 0 amide bonds. The SMILES string of the molecule is COC(=O)C1(C)OC(C)(C)[C@@](C)(OC(=O)C(C)(C)C)[C@@](C)(OC(=O)C(C)(C)C)[C@]1(C)OC(=O)C(C)(C)C. The lowest BCUT2D eigenvalue weighted by molar-refractivity contribution is -0.391. The fourth-order valence-electron chi connectivity index (χ4n) is 4.25. The number of esters is 4. The Kier molecular flexibility index (Phi) is 8.21. The van der Waals surface area contributed by atoms with E-state index >= 15 is 0 Å². The van der Waals surface area contributed by atoms with Crippen LogP contribution >= 0.6 is 0 Å². The molecule has 0 aliphatic carbocycles. The molecule has 37 heavy (non-hydrogen) atoms. The number of carbonyl (C=O) groups is 4. The molecule has 1 rings (SSSR count).